The zero-order valence-corrected chi connectivity index (χ0v) is 19.7. The van der Waals surface area contributed by atoms with Gasteiger partial charge in [-0.1, -0.05) is 24.3 Å². The lowest BCUT2D eigenvalue weighted by Crippen LogP contribution is -2.44. The van der Waals surface area contributed by atoms with Crippen molar-refractivity contribution in [3.8, 4) is 11.3 Å². The molecule has 1 amide bonds. The second-order valence-corrected chi connectivity index (χ2v) is 8.80. The molecule has 1 aliphatic heterocycles. The number of aromatic nitrogens is 1. The topological polar surface area (TPSA) is 149 Å². The molecule has 2 aromatic carbocycles. The first-order valence-corrected chi connectivity index (χ1v) is 11.3. The number of pyridine rings is 1. The van der Waals surface area contributed by atoms with Gasteiger partial charge in [-0.15, -0.1) is 0 Å². The van der Waals surface area contributed by atoms with E-state index in [1.54, 1.807) is 0 Å². The largest absolute Gasteiger partial charge is 0.461 e. The number of aliphatic hydroxyl groups is 3. The van der Waals surface area contributed by atoms with Crippen LogP contribution in [0.5, 0.6) is 0 Å². The molecule has 202 valence electrons. The molecule has 0 saturated carbocycles. The summed E-state index contributed by atoms with van der Waals surface area (Å²) >= 11 is 0. The maximum absolute atomic E-state index is 13.5. The Kier molecular flexibility index (Phi) is 7.44. The highest BCUT2D eigenvalue weighted by molar-refractivity contribution is 5.95. The molecule has 2 heterocycles. The van der Waals surface area contributed by atoms with E-state index < -0.39 is 67.3 Å². The molecule has 1 atom stereocenters. The lowest BCUT2D eigenvalue weighted by Gasteiger charge is -2.25. The molecule has 1 saturated heterocycles. The normalized spacial score (nSPS) is 16.1. The van der Waals surface area contributed by atoms with Crippen molar-refractivity contribution in [1.29, 1.82) is 0 Å². The van der Waals surface area contributed by atoms with Crippen molar-refractivity contribution in [3.63, 3.8) is 0 Å². The summed E-state index contributed by atoms with van der Waals surface area (Å²) < 4.78 is 50.6. The fourth-order valence-electron chi connectivity index (χ4n) is 4.01. The average molecular weight is 536 g/mol. The minimum atomic E-state index is -4.62. The number of hydrogen-bond acceptors (Lipinski definition) is 8. The number of anilines is 1. The summed E-state index contributed by atoms with van der Waals surface area (Å²) in [6, 6.07) is 10.6. The van der Waals surface area contributed by atoms with Crippen molar-refractivity contribution < 1.29 is 47.6 Å². The van der Waals surface area contributed by atoms with Crippen LogP contribution in [-0.2, 0) is 20.4 Å². The van der Waals surface area contributed by atoms with Gasteiger partial charge in [-0.05, 0) is 29.7 Å². The van der Waals surface area contributed by atoms with E-state index in [4.69, 9.17) is 9.47 Å². The van der Waals surface area contributed by atoms with E-state index in [-0.39, 0.29) is 28.9 Å². The molecule has 38 heavy (non-hydrogen) atoms. The van der Waals surface area contributed by atoms with Gasteiger partial charge in [0.15, 0.2) is 6.10 Å². The number of fused-ring (bicyclic) bond motifs is 1. The fourth-order valence-corrected chi connectivity index (χ4v) is 4.01. The minimum Gasteiger partial charge on any atom is -0.461 e. The first kappa shape index (κ1) is 27.1. The third-order valence-electron chi connectivity index (χ3n) is 6.28. The van der Waals surface area contributed by atoms with Crippen LogP contribution in [0.2, 0.25) is 0 Å². The van der Waals surface area contributed by atoms with Gasteiger partial charge in [0.2, 0.25) is 0 Å². The number of aliphatic hydroxyl groups excluding tert-OH is 3. The Morgan fingerprint density at radius 2 is 1.74 bits per heavy atom. The number of carbonyl (C=O) groups is 2. The summed E-state index contributed by atoms with van der Waals surface area (Å²) in [5.74, 6) is -1.07. The lowest BCUT2D eigenvalue weighted by molar-refractivity contribution is -0.167. The van der Waals surface area contributed by atoms with Gasteiger partial charge in [0.25, 0.3) is 5.56 Å². The Hall–Kier alpha value is -3.94. The number of nitrogens with one attached hydrogen (secondary N) is 1. The Labute approximate surface area is 212 Å². The number of nitrogens with zero attached hydrogens (tertiary/aromatic N) is 1. The van der Waals surface area contributed by atoms with E-state index in [2.05, 4.69) is 4.98 Å². The first-order valence-electron chi connectivity index (χ1n) is 11.3. The summed E-state index contributed by atoms with van der Waals surface area (Å²) in [4.78, 5) is 41.1. The summed E-state index contributed by atoms with van der Waals surface area (Å²) in [7, 11) is 0. The van der Waals surface area contributed by atoms with Crippen molar-refractivity contribution >= 4 is 28.5 Å². The third-order valence-corrected chi connectivity index (χ3v) is 6.28. The van der Waals surface area contributed by atoms with E-state index in [0.29, 0.717) is 5.39 Å². The van der Waals surface area contributed by atoms with Crippen LogP contribution in [0.4, 0.5) is 23.7 Å². The smallest absolute Gasteiger partial charge is 0.417 e. The average Bonchev–Trinajstić information content (AvgIpc) is 3.28. The van der Waals surface area contributed by atoms with Crippen molar-refractivity contribution in [3.05, 3.63) is 64.4 Å². The number of ether oxygens (including phenoxy) is 2. The van der Waals surface area contributed by atoms with Crippen molar-refractivity contribution in [2.24, 2.45) is 5.41 Å². The molecule has 0 radical (unpaired) electrons. The van der Waals surface area contributed by atoms with Gasteiger partial charge in [-0.3, -0.25) is 14.5 Å². The van der Waals surface area contributed by atoms with E-state index >= 15 is 0 Å². The highest BCUT2D eigenvalue weighted by Gasteiger charge is 2.40. The van der Waals surface area contributed by atoms with Gasteiger partial charge in [0.05, 0.1) is 31.9 Å². The number of hydrogen-bond donors (Lipinski definition) is 4. The van der Waals surface area contributed by atoms with Crippen molar-refractivity contribution in [2.75, 3.05) is 37.9 Å². The molecule has 4 N–H and O–H groups in total. The second kappa shape index (κ2) is 10.4. The van der Waals surface area contributed by atoms with Gasteiger partial charge in [0.1, 0.15) is 12.0 Å². The lowest BCUT2D eigenvalue weighted by atomic mass is 9.91. The number of esters is 1. The minimum absolute atomic E-state index is 0.0182. The molecule has 1 aliphatic rings. The number of amides is 1. The molecule has 0 spiro atoms. The molecular formula is C25H23F3N2O8. The Balaban J connectivity index is 1.55. The maximum atomic E-state index is 13.5. The number of carbonyl (C=O) groups excluding carboxylic acids is 2. The Morgan fingerprint density at radius 1 is 1.05 bits per heavy atom. The van der Waals surface area contributed by atoms with Crippen LogP contribution < -0.4 is 10.5 Å². The van der Waals surface area contributed by atoms with Gasteiger partial charge in [-0.25, -0.2) is 4.79 Å². The van der Waals surface area contributed by atoms with Gasteiger partial charge >= 0.3 is 18.2 Å². The van der Waals surface area contributed by atoms with E-state index in [0.717, 1.165) is 6.07 Å². The number of benzene rings is 2. The molecule has 3 aromatic rings. The second-order valence-electron chi connectivity index (χ2n) is 8.80. The molecule has 1 unspecified atom stereocenters. The third kappa shape index (κ3) is 5.08. The summed E-state index contributed by atoms with van der Waals surface area (Å²) in [6.45, 7) is -3.06. The zero-order chi connectivity index (χ0) is 27.7. The number of halogens is 3. The summed E-state index contributed by atoms with van der Waals surface area (Å²) in [5, 5.41) is 28.4. The fraction of sp³-hybridized carbons (Fsp3) is 0.320. The molecule has 1 aromatic heterocycles. The van der Waals surface area contributed by atoms with Crippen LogP contribution in [0.15, 0.2) is 53.3 Å². The van der Waals surface area contributed by atoms with Crippen molar-refractivity contribution in [2.45, 2.75) is 12.3 Å². The predicted octanol–water partition coefficient (Wildman–Crippen LogP) is 2.05. The van der Waals surface area contributed by atoms with E-state index in [9.17, 15) is 42.9 Å². The van der Waals surface area contributed by atoms with Crippen LogP contribution in [0, 0.1) is 5.41 Å². The molecule has 13 heteroatoms. The number of cyclic esters (lactones) is 1. The monoisotopic (exact) mass is 536 g/mol. The Bertz CT molecular complexity index is 1410. The number of H-pyrrole nitrogens is 1. The molecule has 10 nitrogen and oxygen atoms in total. The summed E-state index contributed by atoms with van der Waals surface area (Å²) in [6.07, 6.45) is -6.34. The number of alkyl halides is 3. The van der Waals surface area contributed by atoms with Gasteiger partial charge < -0.3 is 29.8 Å². The Morgan fingerprint density at radius 3 is 2.39 bits per heavy atom. The van der Waals surface area contributed by atoms with Crippen LogP contribution >= 0.6 is 0 Å². The SMILES string of the molecule is O=C1OC(COC(=O)C(CO)(CO)CO)CN1c1ccc2cc(-c3ccccc3C(F)(F)F)[nH]c(=O)c2c1. The molecule has 0 bridgehead atoms. The number of aromatic amines is 1. The van der Waals surface area contributed by atoms with Crippen LogP contribution in [0.3, 0.4) is 0 Å². The maximum Gasteiger partial charge on any atom is 0.417 e. The summed E-state index contributed by atoms with van der Waals surface area (Å²) in [5.41, 5.74) is -3.40. The van der Waals surface area contributed by atoms with Crippen molar-refractivity contribution in [1.82, 2.24) is 4.98 Å². The van der Waals surface area contributed by atoms with Crippen LogP contribution in [0.1, 0.15) is 5.56 Å². The van der Waals surface area contributed by atoms with E-state index in [1.165, 1.54) is 47.4 Å². The van der Waals surface area contributed by atoms with E-state index in [1.807, 2.05) is 0 Å². The molecular weight excluding hydrogens is 513 g/mol. The standard InChI is InChI=1S/C25H23F3N2O8/c26-25(27,28)19-4-2-1-3-17(19)20-7-14-5-6-15(8-18(14)21(34)29-20)30-9-16(38-23(30)36)10-37-22(35)24(11-31,12-32)13-33/h1-8,16,31-33H,9-13H2,(H,29,34). The van der Waals surface area contributed by atoms with Crippen LogP contribution in [-0.4, -0.2) is 71.4 Å². The molecule has 4 rings (SSSR count). The molecule has 1 fully saturated rings. The number of rotatable bonds is 8. The molecule has 0 aliphatic carbocycles. The zero-order valence-electron chi connectivity index (χ0n) is 19.7. The van der Waals surface area contributed by atoms with Gasteiger partial charge in [-0.2, -0.15) is 13.2 Å². The first-order chi connectivity index (χ1) is 18.0. The quantitative estimate of drug-likeness (QED) is 0.320. The highest BCUT2D eigenvalue weighted by Crippen LogP contribution is 2.37. The highest BCUT2D eigenvalue weighted by atomic mass is 19.4. The predicted molar refractivity (Wildman–Crippen MR) is 127 cm³/mol. The van der Waals surface area contributed by atoms with Gasteiger partial charge in [0, 0.05) is 22.3 Å². The van der Waals surface area contributed by atoms with Crippen LogP contribution in [0.25, 0.3) is 22.0 Å².